The topological polar surface area (TPSA) is 149 Å². The third kappa shape index (κ3) is 3.39. The van der Waals surface area contributed by atoms with Gasteiger partial charge in [-0.05, 0) is 11.1 Å². The van der Waals surface area contributed by atoms with Gasteiger partial charge in [-0.2, -0.15) is 0 Å². The molecule has 0 bridgehead atoms. The van der Waals surface area contributed by atoms with Gasteiger partial charge in [-0.3, -0.25) is 9.97 Å². The Balaban J connectivity index is 2.30. The fraction of sp³-hybridized carbons (Fsp3) is 0.200. The van der Waals surface area contributed by atoms with Crippen LogP contribution in [0.15, 0.2) is 35.0 Å². The SMILES string of the molecule is [N-]=[N+]=NCc1cncc(-c2cncc(CN=[N+]=[N-])n2)n1. The summed E-state index contributed by atoms with van der Waals surface area (Å²) in [6.07, 6.45) is 6.08. The first-order valence-corrected chi connectivity index (χ1v) is 5.47. The standard InChI is InChI=1S/C10H8N10/c11-19-15-3-7-1-13-5-9(17-7)10-6-14-2-8(18-10)4-16-20-12/h1-2,5-6H,3-4H2. The first-order chi connectivity index (χ1) is 9.83. The minimum atomic E-state index is 0.114. The summed E-state index contributed by atoms with van der Waals surface area (Å²) in [4.78, 5) is 21.9. The highest BCUT2D eigenvalue weighted by molar-refractivity contribution is 5.51. The molecule has 0 saturated heterocycles. The van der Waals surface area contributed by atoms with Crippen molar-refractivity contribution in [2.45, 2.75) is 13.1 Å². The van der Waals surface area contributed by atoms with Gasteiger partial charge in [-0.25, -0.2) is 9.97 Å². The van der Waals surface area contributed by atoms with Crippen molar-refractivity contribution in [3.63, 3.8) is 0 Å². The van der Waals surface area contributed by atoms with Crippen molar-refractivity contribution in [1.29, 1.82) is 0 Å². The van der Waals surface area contributed by atoms with E-state index in [1.54, 1.807) is 0 Å². The summed E-state index contributed by atoms with van der Waals surface area (Å²) < 4.78 is 0. The maximum atomic E-state index is 8.28. The molecule has 0 spiro atoms. The van der Waals surface area contributed by atoms with Gasteiger partial charge in [-0.15, -0.1) is 0 Å². The van der Waals surface area contributed by atoms with E-state index in [1.807, 2.05) is 0 Å². The van der Waals surface area contributed by atoms with Crippen molar-refractivity contribution < 1.29 is 0 Å². The monoisotopic (exact) mass is 268 g/mol. The summed E-state index contributed by atoms with van der Waals surface area (Å²) in [5.74, 6) is 0. The minimum Gasteiger partial charge on any atom is -0.260 e. The molecule has 0 amide bonds. The van der Waals surface area contributed by atoms with Gasteiger partial charge in [0.15, 0.2) is 0 Å². The Labute approximate surface area is 112 Å². The summed E-state index contributed by atoms with van der Waals surface area (Å²) in [7, 11) is 0. The molecular formula is C10H8N10. The summed E-state index contributed by atoms with van der Waals surface area (Å²) >= 11 is 0. The van der Waals surface area contributed by atoms with Gasteiger partial charge in [0.05, 0.1) is 36.9 Å². The molecule has 0 aliphatic rings. The first-order valence-electron chi connectivity index (χ1n) is 5.47. The quantitative estimate of drug-likeness (QED) is 0.465. The minimum absolute atomic E-state index is 0.114. The molecule has 0 aliphatic heterocycles. The molecule has 0 N–H and O–H groups in total. The van der Waals surface area contributed by atoms with E-state index in [0.717, 1.165) is 0 Å². The van der Waals surface area contributed by atoms with E-state index < -0.39 is 0 Å². The second-order valence-corrected chi connectivity index (χ2v) is 3.57. The van der Waals surface area contributed by atoms with Crippen LogP contribution in [0.3, 0.4) is 0 Å². The molecular weight excluding hydrogens is 260 g/mol. The van der Waals surface area contributed by atoms with Gasteiger partial charge in [0, 0.05) is 22.2 Å². The third-order valence-corrected chi connectivity index (χ3v) is 2.22. The normalized spacial score (nSPS) is 9.40. The fourth-order valence-electron chi connectivity index (χ4n) is 1.42. The lowest BCUT2D eigenvalue weighted by molar-refractivity contribution is 0.933. The van der Waals surface area contributed by atoms with Crippen molar-refractivity contribution in [2.75, 3.05) is 0 Å². The Morgan fingerprint density at radius 2 is 1.25 bits per heavy atom. The molecule has 0 aliphatic carbocycles. The molecule has 10 heteroatoms. The van der Waals surface area contributed by atoms with Crippen molar-refractivity contribution in [2.24, 2.45) is 10.2 Å². The van der Waals surface area contributed by atoms with Gasteiger partial charge in [-0.1, -0.05) is 10.2 Å². The van der Waals surface area contributed by atoms with E-state index in [0.29, 0.717) is 22.8 Å². The van der Waals surface area contributed by atoms with Gasteiger partial charge in [0.1, 0.15) is 11.4 Å². The maximum absolute atomic E-state index is 8.28. The largest absolute Gasteiger partial charge is 0.260 e. The van der Waals surface area contributed by atoms with Crippen LogP contribution in [-0.4, -0.2) is 19.9 Å². The smallest absolute Gasteiger partial charge is 0.109 e. The van der Waals surface area contributed by atoms with Crippen LogP contribution in [0, 0.1) is 0 Å². The van der Waals surface area contributed by atoms with Crippen molar-refractivity contribution >= 4 is 0 Å². The predicted molar refractivity (Wildman–Crippen MR) is 68.8 cm³/mol. The Morgan fingerprint density at radius 3 is 1.65 bits per heavy atom. The first kappa shape index (κ1) is 13.2. The maximum Gasteiger partial charge on any atom is 0.109 e. The molecule has 98 valence electrons. The van der Waals surface area contributed by atoms with E-state index in [1.165, 1.54) is 24.8 Å². The molecule has 0 radical (unpaired) electrons. The molecule has 2 heterocycles. The lowest BCUT2D eigenvalue weighted by atomic mass is 10.3. The molecule has 0 saturated carbocycles. The van der Waals surface area contributed by atoms with E-state index in [-0.39, 0.29) is 13.1 Å². The zero-order valence-corrected chi connectivity index (χ0v) is 10.2. The molecule has 0 unspecified atom stereocenters. The van der Waals surface area contributed by atoms with Crippen LogP contribution >= 0.6 is 0 Å². The van der Waals surface area contributed by atoms with Gasteiger partial charge < -0.3 is 0 Å². The van der Waals surface area contributed by atoms with Crippen molar-refractivity contribution in [3.8, 4) is 11.4 Å². The summed E-state index contributed by atoms with van der Waals surface area (Å²) in [6, 6.07) is 0. The zero-order chi connectivity index (χ0) is 14.2. The van der Waals surface area contributed by atoms with E-state index in [2.05, 4.69) is 40.0 Å². The number of azide groups is 2. The molecule has 0 atom stereocenters. The van der Waals surface area contributed by atoms with Gasteiger partial charge in [0.25, 0.3) is 0 Å². The number of aromatic nitrogens is 4. The lowest BCUT2D eigenvalue weighted by Crippen LogP contribution is -1.97. The Morgan fingerprint density at radius 1 is 0.800 bits per heavy atom. The highest BCUT2D eigenvalue weighted by Crippen LogP contribution is 2.13. The highest BCUT2D eigenvalue weighted by atomic mass is 15.1. The summed E-state index contributed by atoms with van der Waals surface area (Å²) in [6.45, 7) is 0.229. The average molecular weight is 268 g/mol. The molecule has 2 aromatic heterocycles. The van der Waals surface area contributed by atoms with Crippen LogP contribution < -0.4 is 0 Å². The summed E-state index contributed by atoms with van der Waals surface area (Å²) in [5.41, 5.74) is 18.6. The Hall–Kier alpha value is -3.22. The Kier molecular flexibility index (Phi) is 4.39. The molecule has 0 fully saturated rings. The predicted octanol–water partition coefficient (Wildman–Crippen LogP) is 2.55. The second kappa shape index (κ2) is 6.64. The summed E-state index contributed by atoms with van der Waals surface area (Å²) in [5, 5.41) is 6.84. The fourth-order valence-corrected chi connectivity index (χ4v) is 1.42. The zero-order valence-electron chi connectivity index (χ0n) is 10.2. The van der Waals surface area contributed by atoms with Gasteiger partial charge in [0.2, 0.25) is 0 Å². The van der Waals surface area contributed by atoms with Crippen LogP contribution in [0.4, 0.5) is 0 Å². The third-order valence-electron chi connectivity index (χ3n) is 2.22. The van der Waals surface area contributed by atoms with Crippen LogP contribution in [0.5, 0.6) is 0 Å². The molecule has 20 heavy (non-hydrogen) atoms. The number of rotatable bonds is 5. The van der Waals surface area contributed by atoms with Crippen LogP contribution in [0.1, 0.15) is 11.4 Å². The van der Waals surface area contributed by atoms with Crippen LogP contribution in [0.25, 0.3) is 32.3 Å². The van der Waals surface area contributed by atoms with Crippen molar-refractivity contribution in [1.82, 2.24) is 19.9 Å². The molecule has 10 nitrogen and oxygen atoms in total. The highest BCUT2D eigenvalue weighted by Gasteiger charge is 2.05. The average Bonchev–Trinajstić information content (AvgIpc) is 2.51. The number of hydrogen-bond acceptors (Lipinski definition) is 6. The van der Waals surface area contributed by atoms with E-state index >= 15 is 0 Å². The number of nitrogens with zero attached hydrogens (tertiary/aromatic N) is 10. The van der Waals surface area contributed by atoms with E-state index in [9.17, 15) is 0 Å². The van der Waals surface area contributed by atoms with Crippen LogP contribution in [-0.2, 0) is 13.1 Å². The molecule has 2 rings (SSSR count). The Bertz CT molecular complexity index is 637. The van der Waals surface area contributed by atoms with Gasteiger partial charge >= 0.3 is 0 Å². The molecule has 2 aromatic rings. The lowest BCUT2D eigenvalue weighted by Gasteiger charge is -2.02. The van der Waals surface area contributed by atoms with E-state index in [4.69, 9.17) is 11.1 Å². The van der Waals surface area contributed by atoms with Crippen LogP contribution in [0.2, 0.25) is 0 Å². The molecule has 0 aromatic carbocycles. The second-order valence-electron chi connectivity index (χ2n) is 3.57. The number of hydrogen-bond donors (Lipinski definition) is 0. The van der Waals surface area contributed by atoms with Crippen molar-refractivity contribution in [3.05, 3.63) is 57.1 Å².